The summed E-state index contributed by atoms with van der Waals surface area (Å²) >= 11 is 0. The van der Waals surface area contributed by atoms with Crippen LogP contribution in [0.4, 0.5) is 0 Å². The van der Waals surface area contributed by atoms with Crippen molar-refractivity contribution in [2.75, 3.05) is 0 Å². The Morgan fingerprint density at radius 1 is 0.964 bits per heavy atom. The van der Waals surface area contributed by atoms with Gasteiger partial charge in [0, 0.05) is 18.1 Å². The fraction of sp³-hybridized carbons (Fsp3) is 0.143. The molecule has 0 aliphatic rings. The molecule has 0 unspecified atom stereocenters. The van der Waals surface area contributed by atoms with Crippen molar-refractivity contribution >= 4 is 11.9 Å². The standard InChI is InChI=1S/C21H19N3O4/c25-19(22-18(21(27)28)13-15-7-3-1-4-8-15)14-24-20(26)12-11-17(23-24)16-9-5-2-6-10-16/h1-12,18H,13-14H2,(H,22,25)(H,27,28)/t18-/m0/s1. The molecule has 2 N–H and O–H groups in total. The minimum absolute atomic E-state index is 0.147. The van der Waals surface area contributed by atoms with Gasteiger partial charge in [0.15, 0.2) is 0 Å². The third-order valence-corrected chi connectivity index (χ3v) is 4.15. The lowest BCUT2D eigenvalue weighted by Gasteiger charge is -2.15. The molecule has 0 saturated carbocycles. The summed E-state index contributed by atoms with van der Waals surface area (Å²) in [6.45, 7) is -0.363. The van der Waals surface area contributed by atoms with Gasteiger partial charge >= 0.3 is 5.97 Å². The molecular formula is C21H19N3O4. The largest absolute Gasteiger partial charge is 0.480 e. The molecule has 0 aliphatic heterocycles. The van der Waals surface area contributed by atoms with E-state index in [0.29, 0.717) is 5.69 Å². The number of carbonyl (C=O) groups is 2. The van der Waals surface area contributed by atoms with Gasteiger partial charge in [-0.05, 0) is 11.6 Å². The van der Waals surface area contributed by atoms with Crippen LogP contribution in [0.2, 0.25) is 0 Å². The Morgan fingerprint density at radius 2 is 1.61 bits per heavy atom. The second-order valence-corrected chi connectivity index (χ2v) is 6.23. The molecule has 0 radical (unpaired) electrons. The maximum atomic E-state index is 12.3. The molecular weight excluding hydrogens is 358 g/mol. The van der Waals surface area contributed by atoms with E-state index in [1.54, 1.807) is 30.3 Å². The molecule has 3 rings (SSSR count). The van der Waals surface area contributed by atoms with E-state index in [1.165, 1.54) is 6.07 Å². The van der Waals surface area contributed by atoms with Crippen molar-refractivity contribution in [3.8, 4) is 11.3 Å². The average Bonchev–Trinajstić information content (AvgIpc) is 2.70. The van der Waals surface area contributed by atoms with Crippen molar-refractivity contribution in [1.29, 1.82) is 0 Å². The van der Waals surface area contributed by atoms with Crippen molar-refractivity contribution in [1.82, 2.24) is 15.1 Å². The Kier molecular flexibility index (Phi) is 5.96. The molecule has 7 heteroatoms. The van der Waals surface area contributed by atoms with Gasteiger partial charge in [-0.1, -0.05) is 60.7 Å². The molecule has 1 aromatic heterocycles. The lowest BCUT2D eigenvalue weighted by atomic mass is 10.1. The van der Waals surface area contributed by atoms with E-state index in [1.807, 2.05) is 36.4 Å². The van der Waals surface area contributed by atoms with Crippen molar-refractivity contribution in [3.05, 3.63) is 88.7 Å². The van der Waals surface area contributed by atoms with Crippen molar-refractivity contribution < 1.29 is 14.7 Å². The Morgan fingerprint density at radius 3 is 2.25 bits per heavy atom. The summed E-state index contributed by atoms with van der Waals surface area (Å²) in [5.74, 6) is -1.74. The summed E-state index contributed by atoms with van der Waals surface area (Å²) in [5, 5.41) is 16.1. The summed E-state index contributed by atoms with van der Waals surface area (Å²) in [5.41, 5.74) is 1.71. The van der Waals surface area contributed by atoms with E-state index in [-0.39, 0.29) is 13.0 Å². The molecule has 28 heavy (non-hydrogen) atoms. The lowest BCUT2D eigenvalue weighted by Crippen LogP contribution is -2.44. The Labute approximate surface area is 161 Å². The van der Waals surface area contributed by atoms with E-state index in [0.717, 1.165) is 15.8 Å². The molecule has 0 saturated heterocycles. The van der Waals surface area contributed by atoms with Crippen molar-refractivity contribution in [2.45, 2.75) is 19.0 Å². The maximum Gasteiger partial charge on any atom is 0.326 e. The number of aromatic nitrogens is 2. The fourth-order valence-electron chi connectivity index (χ4n) is 2.75. The predicted octanol–water partition coefficient (Wildman–Crippen LogP) is 1.72. The number of hydrogen-bond acceptors (Lipinski definition) is 4. The van der Waals surface area contributed by atoms with Crippen LogP contribution in [0, 0.1) is 0 Å². The van der Waals surface area contributed by atoms with Gasteiger partial charge in [0.1, 0.15) is 12.6 Å². The highest BCUT2D eigenvalue weighted by Crippen LogP contribution is 2.13. The van der Waals surface area contributed by atoms with E-state index in [9.17, 15) is 19.5 Å². The lowest BCUT2D eigenvalue weighted by molar-refractivity contribution is -0.141. The zero-order valence-electron chi connectivity index (χ0n) is 15.0. The molecule has 3 aromatic rings. The molecule has 2 aromatic carbocycles. The van der Waals surface area contributed by atoms with Gasteiger partial charge in [0.25, 0.3) is 5.56 Å². The zero-order valence-corrected chi connectivity index (χ0v) is 15.0. The number of carboxylic acids is 1. The smallest absolute Gasteiger partial charge is 0.326 e. The Balaban J connectivity index is 1.73. The summed E-state index contributed by atoms with van der Waals surface area (Å²) in [6.07, 6.45) is 0.147. The van der Waals surface area contributed by atoms with E-state index >= 15 is 0 Å². The molecule has 0 bridgehead atoms. The number of rotatable bonds is 7. The molecule has 1 amide bonds. The van der Waals surface area contributed by atoms with E-state index in [2.05, 4.69) is 10.4 Å². The highest BCUT2D eigenvalue weighted by Gasteiger charge is 2.21. The first-order chi connectivity index (χ1) is 13.5. The monoisotopic (exact) mass is 377 g/mol. The van der Waals surface area contributed by atoms with Crippen LogP contribution in [0.1, 0.15) is 5.56 Å². The molecule has 0 aliphatic carbocycles. The van der Waals surface area contributed by atoms with Gasteiger partial charge in [-0.25, -0.2) is 9.48 Å². The van der Waals surface area contributed by atoms with Gasteiger partial charge in [0.05, 0.1) is 5.69 Å². The van der Waals surface area contributed by atoms with Crippen molar-refractivity contribution in [3.63, 3.8) is 0 Å². The van der Waals surface area contributed by atoms with Gasteiger partial charge in [-0.2, -0.15) is 5.10 Å². The third kappa shape index (κ3) is 4.91. The van der Waals surface area contributed by atoms with Crippen LogP contribution in [0.25, 0.3) is 11.3 Å². The van der Waals surface area contributed by atoms with Crippen LogP contribution >= 0.6 is 0 Å². The van der Waals surface area contributed by atoms with E-state index < -0.39 is 23.5 Å². The normalized spacial score (nSPS) is 11.6. The predicted molar refractivity (Wildman–Crippen MR) is 104 cm³/mol. The highest BCUT2D eigenvalue weighted by atomic mass is 16.4. The topological polar surface area (TPSA) is 101 Å². The Bertz CT molecular complexity index is 1020. The molecule has 0 fully saturated rings. The first-order valence-corrected chi connectivity index (χ1v) is 8.72. The molecule has 142 valence electrons. The highest BCUT2D eigenvalue weighted by molar-refractivity contribution is 5.83. The van der Waals surface area contributed by atoms with Crippen LogP contribution in [0.5, 0.6) is 0 Å². The number of hydrogen-bond donors (Lipinski definition) is 2. The summed E-state index contributed by atoms with van der Waals surface area (Å²) in [6, 6.07) is 20.1. The van der Waals surface area contributed by atoms with Crippen LogP contribution in [-0.4, -0.2) is 32.8 Å². The number of carboxylic acid groups (broad SMARTS) is 1. The van der Waals surface area contributed by atoms with Gasteiger partial charge in [-0.15, -0.1) is 0 Å². The number of aliphatic carboxylic acids is 1. The van der Waals surface area contributed by atoms with Gasteiger partial charge < -0.3 is 10.4 Å². The second kappa shape index (κ2) is 8.77. The molecule has 1 atom stereocenters. The second-order valence-electron chi connectivity index (χ2n) is 6.23. The first-order valence-electron chi connectivity index (χ1n) is 8.72. The van der Waals surface area contributed by atoms with Crippen LogP contribution < -0.4 is 10.9 Å². The average molecular weight is 377 g/mol. The summed E-state index contributed by atoms with van der Waals surface area (Å²) in [4.78, 5) is 35.9. The number of amides is 1. The van der Waals surface area contributed by atoms with Crippen LogP contribution in [0.15, 0.2) is 77.6 Å². The number of benzene rings is 2. The molecule has 1 heterocycles. The Hall–Kier alpha value is -3.74. The fourth-order valence-corrected chi connectivity index (χ4v) is 2.75. The number of carbonyl (C=O) groups excluding carboxylic acids is 1. The van der Waals surface area contributed by atoms with Crippen LogP contribution in [-0.2, 0) is 22.6 Å². The maximum absolute atomic E-state index is 12.3. The SMILES string of the molecule is O=C(Cn1nc(-c2ccccc2)ccc1=O)N[C@@H](Cc1ccccc1)C(=O)O. The zero-order chi connectivity index (χ0) is 19.9. The van der Waals surface area contributed by atoms with Crippen molar-refractivity contribution in [2.24, 2.45) is 0 Å². The minimum atomic E-state index is -1.14. The first kappa shape index (κ1) is 19.0. The molecule has 7 nitrogen and oxygen atoms in total. The van der Waals surface area contributed by atoms with Crippen LogP contribution in [0.3, 0.4) is 0 Å². The van der Waals surface area contributed by atoms with Gasteiger partial charge in [0.2, 0.25) is 5.91 Å². The number of nitrogens with one attached hydrogen (secondary N) is 1. The minimum Gasteiger partial charge on any atom is -0.480 e. The molecule has 0 spiro atoms. The van der Waals surface area contributed by atoms with Gasteiger partial charge in [-0.3, -0.25) is 9.59 Å². The number of nitrogens with zero attached hydrogens (tertiary/aromatic N) is 2. The third-order valence-electron chi connectivity index (χ3n) is 4.15. The van der Waals surface area contributed by atoms with E-state index in [4.69, 9.17) is 0 Å². The quantitative estimate of drug-likeness (QED) is 0.653. The summed E-state index contributed by atoms with van der Waals surface area (Å²) < 4.78 is 1.03. The summed E-state index contributed by atoms with van der Waals surface area (Å²) in [7, 11) is 0.